The van der Waals surface area contributed by atoms with E-state index in [1.165, 1.54) is 11.8 Å². The van der Waals surface area contributed by atoms with Crippen LogP contribution in [0.5, 0.6) is 0 Å². The summed E-state index contributed by atoms with van der Waals surface area (Å²) in [5, 5.41) is 15.5. The van der Waals surface area contributed by atoms with Gasteiger partial charge in [-0.2, -0.15) is 11.8 Å². The molecule has 0 aliphatic carbocycles. The number of carboxylic acids is 1. The molecule has 0 radical (unpaired) electrons. The molecule has 2 amide bonds. The van der Waals surface area contributed by atoms with Crippen molar-refractivity contribution in [3.05, 3.63) is 106 Å². The van der Waals surface area contributed by atoms with Gasteiger partial charge >= 0.3 is 11.6 Å². The molecular weight excluding hydrogens is 556 g/mol. The molecular formula is C32H28N2O7S. The van der Waals surface area contributed by atoms with Crippen molar-refractivity contribution in [1.29, 1.82) is 0 Å². The number of hydrogen-bond acceptors (Lipinski definition) is 7. The standard InChI is InChI=1S/C32H28N2O7S/c1-19-22-12-24-25(21-10-6-3-7-11-21)16-40-27(24)14-28(22)41-32(39)23(19)13-29(35)34-26(31(38)33-15-30(36)37)18-42-17-20-8-4-2-5-9-20/h2-12,14,16,26H,13,15,17-18H2,1H3,(H,33,38)(H,34,35)(H,36,37)/t26-/m0/s1. The van der Waals surface area contributed by atoms with Gasteiger partial charge in [0, 0.05) is 33.9 Å². The maximum Gasteiger partial charge on any atom is 0.340 e. The number of hydrogen-bond donors (Lipinski definition) is 3. The van der Waals surface area contributed by atoms with Crippen molar-refractivity contribution in [3.63, 3.8) is 0 Å². The van der Waals surface area contributed by atoms with E-state index in [0.717, 1.165) is 22.1 Å². The highest BCUT2D eigenvalue weighted by molar-refractivity contribution is 7.98. The lowest BCUT2D eigenvalue weighted by Crippen LogP contribution is -2.50. The molecule has 0 aliphatic rings. The van der Waals surface area contributed by atoms with Crippen molar-refractivity contribution in [2.45, 2.75) is 25.1 Å². The second kappa shape index (κ2) is 12.8. The third-order valence-corrected chi connectivity index (χ3v) is 7.97. The van der Waals surface area contributed by atoms with Gasteiger partial charge < -0.3 is 24.6 Å². The van der Waals surface area contributed by atoms with Crippen LogP contribution in [0.25, 0.3) is 33.1 Å². The Morgan fingerprint density at radius 1 is 0.952 bits per heavy atom. The van der Waals surface area contributed by atoms with Gasteiger partial charge in [-0.1, -0.05) is 60.7 Å². The van der Waals surface area contributed by atoms with Crippen molar-refractivity contribution in [2.75, 3.05) is 12.3 Å². The van der Waals surface area contributed by atoms with Gasteiger partial charge in [0.15, 0.2) is 0 Å². The van der Waals surface area contributed by atoms with Gasteiger partial charge in [0.25, 0.3) is 0 Å². The summed E-state index contributed by atoms with van der Waals surface area (Å²) in [5.41, 5.74) is 3.92. The molecule has 3 aromatic carbocycles. The van der Waals surface area contributed by atoms with E-state index in [1.54, 1.807) is 19.3 Å². The number of fused-ring (bicyclic) bond motifs is 2. The first kappa shape index (κ1) is 28.7. The molecule has 0 saturated carbocycles. The Morgan fingerprint density at radius 3 is 2.38 bits per heavy atom. The molecule has 1 atom stereocenters. The second-order valence-corrected chi connectivity index (χ2v) is 10.8. The highest BCUT2D eigenvalue weighted by Gasteiger charge is 2.24. The minimum Gasteiger partial charge on any atom is -0.480 e. The fraction of sp³-hybridized carbons (Fsp3) is 0.188. The number of carbonyl (C=O) groups is 3. The Morgan fingerprint density at radius 2 is 1.67 bits per heavy atom. The van der Waals surface area contributed by atoms with E-state index in [-0.39, 0.29) is 17.7 Å². The van der Waals surface area contributed by atoms with E-state index < -0.39 is 36.0 Å². The van der Waals surface area contributed by atoms with E-state index in [2.05, 4.69) is 10.6 Å². The third kappa shape index (κ3) is 6.55. The average Bonchev–Trinajstić information content (AvgIpc) is 3.40. The first-order chi connectivity index (χ1) is 20.3. The van der Waals surface area contributed by atoms with E-state index in [9.17, 15) is 19.2 Å². The highest BCUT2D eigenvalue weighted by Crippen LogP contribution is 2.34. The summed E-state index contributed by atoms with van der Waals surface area (Å²) < 4.78 is 11.3. The first-order valence-corrected chi connectivity index (χ1v) is 14.4. The fourth-order valence-corrected chi connectivity index (χ4v) is 5.72. The summed E-state index contributed by atoms with van der Waals surface area (Å²) in [5.74, 6) is -1.57. The number of aryl methyl sites for hydroxylation is 1. The molecule has 2 aromatic heterocycles. The number of benzene rings is 3. The minimum atomic E-state index is -1.20. The van der Waals surface area contributed by atoms with Gasteiger partial charge in [0.05, 0.1) is 18.2 Å². The maximum absolute atomic E-state index is 13.1. The van der Waals surface area contributed by atoms with Gasteiger partial charge in [-0.25, -0.2) is 4.79 Å². The fourth-order valence-electron chi connectivity index (χ4n) is 4.70. The number of amides is 2. The molecule has 5 aromatic rings. The molecule has 3 N–H and O–H groups in total. The van der Waals surface area contributed by atoms with Crippen LogP contribution in [0.2, 0.25) is 0 Å². The molecule has 9 nitrogen and oxygen atoms in total. The molecule has 0 saturated heterocycles. The summed E-state index contributed by atoms with van der Waals surface area (Å²) in [6, 6.07) is 21.9. The SMILES string of the molecule is Cc1c(CC(=O)N[C@@H](CSCc2ccccc2)C(=O)NCC(=O)O)c(=O)oc2cc3occ(-c4ccccc4)c3cc12. The number of carboxylic acid groups (broad SMARTS) is 1. The normalized spacial score (nSPS) is 11.8. The van der Waals surface area contributed by atoms with Crippen LogP contribution in [0.1, 0.15) is 16.7 Å². The molecule has 2 heterocycles. The molecule has 0 aliphatic heterocycles. The molecule has 0 fully saturated rings. The van der Waals surface area contributed by atoms with E-state index in [1.807, 2.05) is 66.7 Å². The quantitative estimate of drug-likeness (QED) is 0.190. The van der Waals surface area contributed by atoms with Crippen LogP contribution in [0.15, 0.2) is 92.7 Å². The number of rotatable bonds is 11. The molecule has 10 heteroatoms. The lowest BCUT2D eigenvalue weighted by molar-refractivity contribution is -0.138. The van der Waals surface area contributed by atoms with Gasteiger partial charge in [0.1, 0.15) is 23.8 Å². The van der Waals surface area contributed by atoms with Crippen molar-refractivity contribution in [2.24, 2.45) is 0 Å². The highest BCUT2D eigenvalue weighted by atomic mass is 32.2. The van der Waals surface area contributed by atoms with Crippen LogP contribution in [-0.4, -0.2) is 41.2 Å². The minimum absolute atomic E-state index is 0.172. The Hall–Kier alpha value is -4.83. The van der Waals surface area contributed by atoms with E-state index in [0.29, 0.717) is 27.9 Å². The van der Waals surface area contributed by atoms with Gasteiger partial charge in [-0.3, -0.25) is 14.4 Å². The Labute approximate surface area is 244 Å². The zero-order chi connectivity index (χ0) is 29.6. The summed E-state index contributed by atoms with van der Waals surface area (Å²) in [6.07, 6.45) is 1.34. The van der Waals surface area contributed by atoms with Crippen molar-refractivity contribution < 1.29 is 28.3 Å². The van der Waals surface area contributed by atoms with Crippen LogP contribution < -0.4 is 16.3 Å². The zero-order valence-electron chi connectivity index (χ0n) is 22.7. The summed E-state index contributed by atoms with van der Waals surface area (Å²) in [6.45, 7) is 1.18. The largest absolute Gasteiger partial charge is 0.480 e. The number of thioether (sulfide) groups is 1. The van der Waals surface area contributed by atoms with Gasteiger partial charge in [-0.05, 0) is 29.7 Å². The molecule has 42 heavy (non-hydrogen) atoms. The Kier molecular flexibility index (Phi) is 8.73. The summed E-state index contributed by atoms with van der Waals surface area (Å²) >= 11 is 1.42. The van der Waals surface area contributed by atoms with Crippen LogP contribution >= 0.6 is 11.8 Å². The van der Waals surface area contributed by atoms with Crippen molar-refractivity contribution in [1.82, 2.24) is 10.6 Å². The van der Waals surface area contributed by atoms with Crippen LogP contribution in [0.4, 0.5) is 0 Å². The predicted molar refractivity (Wildman–Crippen MR) is 161 cm³/mol. The van der Waals surface area contributed by atoms with Crippen molar-refractivity contribution in [3.8, 4) is 11.1 Å². The Balaban J connectivity index is 1.37. The van der Waals surface area contributed by atoms with Crippen LogP contribution in [0, 0.1) is 6.92 Å². The third-order valence-electron chi connectivity index (χ3n) is 6.87. The number of furan rings is 1. The molecule has 0 bridgehead atoms. The molecule has 5 rings (SSSR count). The lowest BCUT2D eigenvalue weighted by atomic mass is 9.99. The first-order valence-electron chi connectivity index (χ1n) is 13.2. The predicted octanol–water partition coefficient (Wildman–Crippen LogP) is 4.68. The maximum atomic E-state index is 13.1. The van der Waals surface area contributed by atoms with Crippen LogP contribution in [0.3, 0.4) is 0 Å². The van der Waals surface area contributed by atoms with Crippen molar-refractivity contribution >= 4 is 51.5 Å². The number of nitrogens with one attached hydrogen (secondary N) is 2. The number of aliphatic carboxylic acids is 1. The Bertz CT molecular complexity index is 1810. The summed E-state index contributed by atoms with van der Waals surface area (Å²) in [7, 11) is 0. The molecule has 0 spiro atoms. The lowest BCUT2D eigenvalue weighted by Gasteiger charge is -2.18. The molecule has 0 unspecified atom stereocenters. The summed E-state index contributed by atoms with van der Waals surface area (Å²) in [4.78, 5) is 49.8. The van der Waals surface area contributed by atoms with Gasteiger partial charge in [0.2, 0.25) is 11.8 Å². The zero-order valence-corrected chi connectivity index (χ0v) is 23.5. The second-order valence-electron chi connectivity index (χ2n) is 9.76. The van der Waals surface area contributed by atoms with Crippen LogP contribution in [-0.2, 0) is 26.6 Å². The smallest absolute Gasteiger partial charge is 0.340 e. The van der Waals surface area contributed by atoms with E-state index in [4.69, 9.17) is 13.9 Å². The molecule has 214 valence electrons. The van der Waals surface area contributed by atoms with Gasteiger partial charge in [-0.15, -0.1) is 0 Å². The topological polar surface area (TPSA) is 139 Å². The average molecular weight is 585 g/mol. The van der Waals surface area contributed by atoms with E-state index >= 15 is 0 Å². The monoisotopic (exact) mass is 584 g/mol. The number of carbonyl (C=O) groups excluding carboxylic acids is 2.